The van der Waals surface area contributed by atoms with Gasteiger partial charge in [0.15, 0.2) is 5.82 Å². The molecule has 0 aliphatic carbocycles. The second-order valence-corrected chi connectivity index (χ2v) is 4.84. The SMILES string of the molecule is CCCN1CCOC(c2nc(C)c(C)c(N)n2)C1. The molecule has 18 heavy (non-hydrogen) atoms. The molecule has 2 rings (SSSR count). The van der Waals surface area contributed by atoms with Crippen LogP contribution in [0.4, 0.5) is 5.82 Å². The van der Waals surface area contributed by atoms with E-state index in [1.54, 1.807) is 0 Å². The van der Waals surface area contributed by atoms with Crippen molar-refractivity contribution >= 4 is 5.82 Å². The minimum atomic E-state index is -0.0492. The summed E-state index contributed by atoms with van der Waals surface area (Å²) in [7, 11) is 0. The van der Waals surface area contributed by atoms with E-state index in [1.165, 1.54) is 0 Å². The number of nitrogen functional groups attached to an aromatic ring is 1. The highest BCUT2D eigenvalue weighted by atomic mass is 16.5. The van der Waals surface area contributed by atoms with E-state index in [2.05, 4.69) is 21.8 Å². The number of anilines is 1. The second-order valence-electron chi connectivity index (χ2n) is 4.84. The number of morpholine rings is 1. The maximum atomic E-state index is 5.90. The summed E-state index contributed by atoms with van der Waals surface area (Å²) in [6.45, 7) is 9.78. The molecule has 1 saturated heterocycles. The first-order valence-corrected chi connectivity index (χ1v) is 6.56. The van der Waals surface area contributed by atoms with E-state index < -0.39 is 0 Å². The standard InChI is InChI=1S/C13H22N4O/c1-4-5-17-6-7-18-11(8-17)13-15-10(3)9(2)12(14)16-13/h11H,4-8H2,1-3H3,(H2,14,15,16). The van der Waals surface area contributed by atoms with Gasteiger partial charge in [-0.2, -0.15) is 0 Å². The van der Waals surface area contributed by atoms with Crippen molar-refractivity contribution in [1.82, 2.24) is 14.9 Å². The molecule has 1 aromatic heterocycles. The molecule has 2 heterocycles. The molecule has 1 aliphatic heterocycles. The van der Waals surface area contributed by atoms with E-state index in [1.807, 2.05) is 13.8 Å². The van der Waals surface area contributed by atoms with Gasteiger partial charge >= 0.3 is 0 Å². The van der Waals surface area contributed by atoms with Crippen LogP contribution in [-0.2, 0) is 4.74 Å². The molecule has 0 bridgehead atoms. The molecule has 5 nitrogen and oxygen atoms in total. The lowest BCUT2D eigenvalue weighted by atomic mass is 10.2. The Morgan fingerprint density at radius 2 is 2.17 bits per heavy atom. The number of aromatic nitrogens is 2. The smallest absolute Gasteiger partial charge is 0.161 e. The van der Waals surface area contributed by atoms with Crippen LogP contribution < -0.4 is 5.73 Å². The highest BCUT2D eigenvalue weighted by Gasteiger charge is 2.24. The number of nitrogens with zero attached hydrogens (tertiary/aromatic N) is 3. The van der Waals surface area contributed by atoms with Crippen LogP contribution in [-0.4, -0.2) is 41.1 Å². The van der Waals surface area contributed by atoms with Crippen molar-refractivity contribution in [3.63, 3.8) is 0 Å². The molecule has 0 spiro atoms. The Kier molecular flexibility index (Phi) is 4.14. The number of aryl methyl sites for hydroxylation is 1. The van der Waals surface area contributed by atoms with Crippen LogP contribution in [0, 0.1) is 13.8 Å². The van der Waals surface area contributed by atoms with Gasteiger partial charge in [-0.1, -0.05) is 6.92 Å². The highest BCUT2D eigenvalue weighted by molar-refractivity contribution is 5.40. The van der Waals surface area contributed by atoms with Crippen molar-refractivity contribution in [2.24, 2.45) is 0 Å². The minimum Gasteiger partial charge on any atom is -0.383 e. The molecule has 0 radical (unpaired) electrons. The van der Waals surface area contributed by atoms with Gasteiger partial charge in [-0.25, -0.2) is 9.97 Å². The van der Waals surface area contributed by atoms with Crippen LogP contribution in [0.2, 0.25) is 0 Å². The molecule has 1 atom stereocenters. The topological polar surface area (TPSA) is 64.3 Å². The van der Waals surface area contributed by atoms with Gasteiger partial charge in [-0.3, -0.25) is 4.90 Å². The van der Waals surface area contributed by atoms with Crippen LogP contribution in [0.1, 0.15) is 36.5 Å². The summed E-state index contributed by atoms with van der Waals surface area (Å²) in [5.41, 5.74) is 7.80. The maximum absolute atomic E-state index is 5.90. The molecule has 0 saturated carbocycles. The molecule has 100 valence electrons. The van der Waals surface area contributed by atoms with Gasteiger partial charge in [0, 0.05) is 24.3 Å². The van der Waals surface area contributed by atoms with Crippen molar-refractivity contribution in [3.8, 4) is 0 Å². The fourth-order valence-electron chi connectivity index (χ4n) is 2.20. The molecule has 5 heteroatoms. The van der Waals surface area contributed by atoms with Gasteiger partial charge in [0.2, 0.25) is 0 Å². The fraction of sp³-hybridized carbons (Fsp3) is 0.692. The van der Waals surface area contributed by atoms with E-state index in [0.29, 0.717) is 5.82 Å². The molecule has 1 fully saturated rings. The molecular weight excluding hydrogens is 228 g/mol. The van der Waals surface area contributed by atoms with Gasteiger partial charge < -0.3 is 10.5 Å². The van der Waals surface area contributed by atoms with Crippen molar-refractivity contribution in [1.29, 1.82) is 0 Å². The lowest BCUT2D eigenvalue weighted by Gasteiger charge is -2.32. The lowest BCUT2D eigenvalue weighted by molar-refractivity contribution is -0.0342. The lowest BCUT2D eigenvalue weighted by Crippen LogP contribution is -2.39. The Morgan fingerprint density at radius 1 is 1.39 bits per heavy atom. The van der Waals surface area contributed by atoms with E-state index in [0.717, 1.165) is 49.7 Å². The average Bonchev–Trinajstić information content (AvgIpc) is 2.36. The third-order valence-electron chi connectivity index (χ3n) is 3.42. The number of ether oxygens (including phenoxy) is 1. The van der Waals surface area contributed by atoms with Crippen molar-refractivity contribution in [3.05, 3.63) is 17.1 Å². The van der Waals surface area contributed by atoms with E-state index in [-0.39, 0.29) is 6.10 Å². The minimum absolute atomic E-state index is 0.0492. The Bertz CT molecular complexity index is 396. The molecular formula is C13H22N4O. The van der Waals surface area contributed by atoms with E-state index >= 15 is 0 Å². The number of hydrogen-bond donors (Lipinski definition) is 1. The van der Waals surface area contributed by atoms with Gasteiger partial charge in [0.05, 0.1) is 6.61 Å². The maximum Gasteiger partial charge on any atom is 0.161 e. The summed E-state index contributed by atoms with van der Waals surface area (Å²) in [4.78, 5) is 11.3. The van der Waals surface area contributed by atoms with Crippen LogP contribution in [0.25, 0.3) is 0 Å². The van der Waals surface area contributed by atoms with Crippen LogP contribution in [0.5, 0.6) is 0 Å². The third-order valence-corrected chi connectivity index (χ3v) is 3.42. The zero-order valence-electron chi connectivity index (χ0n) is 11.4. The summed E-state index contributed by atoms with van der Waals surface area (Å²) in [5.74, 6) is 1.28. The van der Waals surface area contributed by atoms with Crippen molar-refractivity contribution < 1.29 is 4.74 Å². The average molecular weight is 250 g/mol. The first-order valence-electron chi connectivity index (χ1n) is 6.56. The van der Waals surface area contributed by atoms with Crippen LogP contribution >= 0.6 is 0 Å². The first-order chi connectivity index (χ1) is 8.61. The Balaban J connectivity index is 2.15. The molecule has 1 unspecified atom stereocenters. The molecule has 0 amide bonds. The molecule has 1 aliphatic rings. The van der Waals surface area contributed by atoms with E-state index in [4.69, 9.17) is 10.5 Å². The van der Waals surface area contributed by atoms with Crippen molar-refractivity contribution in [2.45, 2.75) is 33.3 Å². The predicted octanol–water partition coefficient (Wildman–Crippen LogP) is 1.46. The number of hydrogen-bond acceptors (Lipinski definition) is 5. The number of rotatable bonds is 3. The summed E-state index contributed by atoms with van der Waals surface area (Å²) in [5, 5.41) is 0. The zero-order chi connectivity index (χ0) is 13.1. The van der Waals surface area contributed by atoms with Crippen LogP contribution in [0.3, 0.4) is 0 Å². The zero-order valence-corrected chi connectivity index (χ0v) is 11.4. The summed E-state index contributed by atoms with van der Waals surface area (Å²) >= 11 is 0. The Morgan fingerprint density at radius 3 is 2.83 bits per heavy atom. The highest BCUT2D eigenvalue weighted by Crippen LogP contribution is 2.22. The van der Waals surface area contributed by atoms with Crippen molar-refractivity contribution in [2.75, 3.05) is 32.0 Å². The van der Waals surface area contributed by atoms with Crippen LogP contribution in [0.15, 0.2) is 0 Å². The monoisotopic (exact) mass is 250 g/mol. The second kappa shape index (κ2) is 5.63. The summed E-state index contributed by atoms with van der Waals surface area (Å²) in [6.07, 6.45) is 1.11. The third kappa shape index (κ3) is 2.79. The van der Waals surface area contributed by atoms with Gasteiger partial charge in [-0.05, 0) is 26.8 Å². The predicted molar refractivity (Wildman–Crippen MR) is 71.3 cm³/mol. The molecule has 1 aromatic rings. The normalized spacial score (nSPS) is 21.2. The van der Waals surface area contributed by atoms with Gasteiger partial charge in [0.1, 0.15) is 11.9 Å². The van der Waals surface area contributed by atoms with Gasteiger partial charge in [0.25, 0.3) is 0 Å². The molecule has 0 aromatic carbocycles. The molecule has 2 N–H and O–H groups in total. The Labute approximate surface area is 108 Å². The largest absolute Gasteiger partial charge is 0.383 e. The van der Waals surface area contributed by atoms with Gasteiger partial charge in [-0.15, -0.1) is 0 Å². The van der Waals surface area contributed by atoms with E-state index in [9.17, 15) is 0 Å². The number of nitrogens with two attached hydrogens (primary N) is 1. The quantitative estimate of drug-likeness (QED) is 0.880. The first kappa shape index (κ1) is 13.2. The Hall–Kier alpha value is -1.20. The summed E-state index contributed by atoms with van der Waals surface area (Å²) in [6, 6.07) is 0. The fourth-order valence-corrected chi connectivity index (χ4v) is 2.20. The summed E-state index contributed by atoms with van der Waals surface area (Å²) < 4.78 is 5.77.